The second kappa shape index (κ2) is 2.86. The molecule has 1 aromatic rings. The summed E-state index contributed by atoms with van der Waals surface area (Å²) < 4.78 is 37.8. The zero-order valence-electron chi connectivity index (χ0n) is 7.06. The van der Waals surface area contributed by atoms with Gasteiger partial charge in [-0.15, -0.1) is 3.89 Å². The van der Waals surface area contributed by atoms with Crippen LogP contribution in [0, 0.1) is 0 Å². The van der Waals surface area contributed by atoms with Crippen molar-refractivity contribution < 1.29 is 26.6 Å². The van der Waals surface area contributed by atoms with Crippen LogP contribution in [0.15, 0.2) is 23.1 Å². The van der Waals surface area contributed by atoms with Crippen molar-refractivity contribution in [2.24, 2.45) is 0 Å². The monoisotopic (exact) mass is 230 g/mol. The molecular weight excluding hydrogens is 227 g/mol. The molecule has 0 amide bonds. The maximum Gasteiger partial charge on any atom is 0.346 e. The van der Waals surface area contributed by atoms with E-state index in [0.29, 0.717) is 0 Å². The van der Waals surface area contributed by atoms with Crippen LogP contribution in [0.1, 0.15) is 20.7 Å². The SMILES string of the molecule is O=C1OC(=O)c2cc(S(=O)(=O)F)ccc21. The molecule has 0 saturated heterocycles. The number of cyclic esters (lactones) is 2. The summed E-state index contributed by atoms with van der Waals surface area (Å²) in [7, 11) is -4.88. The van der Waals surface area contributed by atoms with E-state index in [-0.39, 0.29) is 11.1 Å². The Bertz CT molecular complexity index is 575. The maximum atomic E-state index is 12.5. The largest absolute Gasteiger partial charge is 0.386 e. The zero-order valence-corrected chi connectivity index (χ0v) is 7.88. The molecule has 1 aliphatic heterocycles. The number of ether oxygens (including phenoxy) is 1. The second-order valence-electron chi connectivity index (χ2n) is 2.82. The fourth-order valence-corrected chi connectivity index (χ4v) is 1.71. The van der Waals surface area contributed by atoms with Crippen LogP contribution in [-0.2, 0) is 15.0 Å². The summed E-state index contributed by atoms with van der Waals surface area (Å²) in [4.78, 5) is 21.3. The van der Waals surface area contributed by atoms with Gasteiger partial charge < -0.3 is 4.74 Å². The number of benzene rings is 1. The summed E-state index contributed by atoms with van der Waals surface area (Å²) in [5.41, 5.74) is -0.300. The van der Waals surface area contributed by atoms with Gasteiger partial charge in [0, 0.05) is 0 Å². The van der Waals surface area contributed by atoms with Crippen molar-refractivity contribution in [3.8, 4) is 0 Å². The van der Waals surface area contributed by atoms with Gasteiger partial charge in [-0.1, -0.05) is 0 Å². The fourth-order valence-electron chi connectivity index (χ4n) is 1.22. The van der Waals surface area contributed by atoms with Crippen LogP contribution in [0.25, 0.3) is 0 Å². The highest BCUT2D eigenvalue weighted by atomic mass is 32.3. The predicted octanol–water partition coefficient (Wildman–Crippen LogP) is 0.655. The third kappa shape index (κ3) is 1.50. The molecule has 0 aromatic heterocycles. The topological polar surface area (TPSA) is 77.5 Å². The van der Waals surface area contributed by atoms with Crippen molar-refractivity contribution in [3.05, 3.63) is 29.3 Å². The van der Waals surface area contributed by atoms with Crippen LogP contribution in [0.3, 0.4) is 0 Å². The molecule has 0 unspecified atom stereocenters. The lowest BCUT2D eigenvalue weighted by Crippen LogP contribution is -1.97. The Balaban J connectivity index is 2.67. The molecule has 0 radical (unpaired) electrons. The normalized spacial score (nSPS) is 15.0. The van der Waals surface area contributed by atoms with E-state index in [2.05, 4.69) is 4.74 Å². The first-order chi connectivity index (χ1) is 6.89. The highest BCUT2D eigenvalue weighted by Gasteiger charge is 2.31. The summed E-state index contributed by atoms with van der Waals surface area (Å²) >= 11 is 0. The van der Waals surface area contributed by atoms with E-state index in [1.54, 1.807) is 0 Å². The van der Waals surface area contributed by atoms with Gasteiger partial charge in [0.15, 0.2) is 0 Å². The molecule has 2 rings (SSSR count). The van der Waals surface area contributed by atoms with Gasteiger partial charge in [0.1, 0.15) is 0 Å². The van der Waals surface area contributed by atoms with Crippen molar-refractivity contribution >= 4 is 22.2 Å². The summed E-state index contributed by atoms with van der Waals surface area (Å²) in [6.07, 6.45) is 0. The van der Waals surface area contributed by atoms with Crippen LogP contribution in [0.2, 0.25) is 0 Å². The Hall–Kier alpha value is -1.76. The molecule has 0 saturated carbocycles. The predicted molar refractivity (Wildman–Crippen MR) is 44.5 cm³/mol. The van der Waals surface area contributed by atoms with Crippen LogP contribution in [-0.4, -0.2) is 20.4 Å². The lowest BCUT2D eigenvalue weighted by atomic mass is 10.1. The van der Waals surface area contributed by atoms with Gasteiger partial charge in [-0.2, -0.15) is 8.42 Å². The fraction of sp³-hybridized carbons (Fsp3) is 0. The van der Waals surface area contributed by atoms with Crippen LogP contribution >= 0.6 is 0 Å². The Morgan fingerprint density at radius 2 is 1.67 bits per heavy atom. The molecule has 5 nitrogen and oxygen atoms in total. The summed E-state index contributed by atoms with van der Waals surface area (Å²) in [6, 6.07) is 2.71. The molecule has 1 aliphatic rings. The van der Waals surface area contributed by atoms with Gasteiger partial charge in [0.05, 0.1) is 16.0 Å². The minimum atomic E-state index is -4.88. The van der Waals surface area contributed by atoms with Gasteiger partial charge >= 0.3 is 22.2 Å². The Morgan fingerprint density at radius 3 is 2.27 bits per heavy atom. The molecule has 0 spiro atoms. The molecule has 1 heterocycles. The first kappa shape index (κ1) is 9.78. The van der Waals surface area contributed by atoms with Gasteiger partial charge in [-0.05, 0) is 18.2 Å². The molecule has 0 atom stereocenters. The Morgan fingerprint density at radius 1 is 1.07 bits per heavy atom. The van der Waals surface area contributed by atoms with Gasteiger partial charge in [0.25, 0.3) is 0 Å². The number of hydrogen-bond donors (Lipinski definition) is 0. The number of carbonyl (C=O) groups is 2. The minimum Gasteiger partial charge on any atom is -0.386 e. The molecule has 78 valence electrons. The first-order valence-corrected chi connectivity index (χ1v) is 5.13. The van der Waals surface area contributed by atoms with E-state index in [9.17, 15) is 21.9 Å². The van der Waals surface area contributed by atoms with Crippen LogP contribution in [0.4, 0.5) is 3.89 Å². The third-order valence-corrected chi connectivity index (χ3v) is 2.71. The molecule has 0 N–H and O–H groups in total. The van der Waals surface area contributed by atoms with E-state index >= 15 is 0 Å². The second-order valence-corrected chi connectivity index (χ2v) is 4.17. The highest BCUT2D eigenvalue weighted by Crippen LogP contribution is 2.23. The Labute approximate surface area is 83.7 Å². The smallest absolute Gasteiger partial charge is 0.346 e. The van der Waals surface area contributed by atoms with Gasteiger partial charge in [-0.3, -0.25) is 0 Å². The maximum absolute atomic E-state index is 12.5. The third-order valence-electron chi connectivity index (χ3n) is 1.90. The number of esters is 2. The Kier molecular flexibility index (Phi) is 1.87. The van der Waals surface area contributed by atoms with Gasteiger partial charge in [0.2, 0.25) is 0 Å². The lowest BCUT2D eigenvalue weighted by Gasteiger charge is -1.95. The van der Waals surface area contributed by atoms with Crippen molar-refractivity contribution in [3.63, 3.8) is 0 Å². The zero-order chi connectivity index (χ0) is 11.2. The standard InChI is InChI=1S/C8H3FO5S/c9-15(12,13)4-1-2-5-6(3-4)8(11)14-7(5)10/h1-3H. The molecule has 0 aliphatic carbocycles. The summed E-state index contributed by atoms with van der Waals surface area (Å²) in [6.45, 7) is 0. The summed E-state index contributed by atoms with van der Waals surface area (Å²) in [5, 5.41) is 0. The molecular formula is C8H3FO5S. The van der Waals surface area contributed by atoms with E-state index in [4.69, 9.17) is 0 Å². The van der Waals surface area contributed by atoms with E-state index < -0.39 is 27.1 Å². The van der Waals surface area contributed by atoms with Crippen molar-refractivity contribution in [2.75, 3.05) is 0 Å². The van der Waals surface area contributed by atoms with E-state index in [1.807, 2.05) is 0 Å². The van der Waals surface area contributed by atoms with Crippen molar-refractivity contribution in [1.29, 1.82) is 0 Å². The number of carbonyl (C=O) groups excluding carboxylic acids is 2. The van der Waals surface area contributed by atoms with Crippen LogP contribution < -0.4 is 0 Å². The quantitative estimate of drug-likeness (QED) is 0.402. The average molecular weight is 230 g/mol. The average Bonchev–Trinajstić information content (AvgIpc) is 2.41. The molecule has 0 bridgehead atoms. The van der Waals surface area contributed by atoms with E-state index in [1.165, 1.54) is 0 Å². The molecule has 7 heteroatoms. The molecule has 0 fully saturated rings. The number of rotatable bonds is 1. The van der Waals surface area contributed by atoms with Crippen molar-refractivity contribution in [2.45, 2.75) is 4.90 Å². The minimum absolute atomic E-state index is 0.0626. The van der Waals surface area contributed by atoms with Gasteiger partial charge in [-0.25, -0.2) is 9.59 Å². The number of halogens is 1. The number of hydrogen-bond acceptors (Lipinski definition) is 5. The highest BCUT2D eigenvalue weighted by molar-refractivity contribution is 7.86. The van der Waals surface area contributed by atoms with Crippen molar-refractivity contribution in [1.82, 2.24) is 0 Å². The first-order valence-electron chi connectivity index (χ1n) is 3.75. The van der Waals surface area contributed by atoms with Crippen LogP contribution in [0.5, 0.6) is 0 Å². The van der Waals surface area contributed by atoms with E-state index in [0.717, 1.165) is 18.2 Å². The molecule has 1 aromatic carbocycles. The molecule has 15 heavy (non-hydrogen) atoms. The lowest BCUT2D eigenvalue weighted by molar-refractivity contribution is 0.0443. The summed E-state index contributed by atoms with van der Waals surface area (Å²) in [5.74, 6) is -1.83. The number of fused-ring (bicyclic) bond motifs is 1.